The maximum Gasteiger partial charge on any atom is 0.311 e. The first-order valence-corrected chi connectivity index (χ1v) is 6.59. The van der Waals surface area contributed by atoms with E-state index in [-0.39, 0.29) is 24.9 Å². The number of hydrogen-bond acceptors (Lipinski definition) is 3. The van der Waals surface area contributed by atoms with Crippen LogP contribution in [-0.4, -0.2) is 47.9 Å². The largest absolute Gasteiger partial charge is 0.481 e. The van der Waals surface area contributed by atoms with Crippen LogP contribution in [0.5, 0.6) is 0 Å². The van der Waals surface area contributed by atoms with Crippen molar-refractivity contribution in [1.29, 1.82) is 0 Å². The van der Waals surface area contributed by atoms with Gasteiger partial charge in [0.1, 0.15) is 0 Å². The summed E-state index contributed by atoms with van der Waals surface area (Å²) >= 11 is 0. The molecule has 0 saturated heterocycles. The lowest BCUT2D eigenvalue weighted by molar-refractivity contribution is -0.151. The van der Waals surface area contributed by atoms with Crippen molar-refractivity contribution < 1.29 is 19.5 Å². The molecule has 1 saturated carbocycles. The van der Waals surface area contributed by atoms with E-state index in [1.54, 1.807) is 0 Å². The smallest absolute Gasteiger partial charge is 0.311 e. The fourth-order valence-corrected chi connectivity index (χ4v) is 2.35. The van der Waals surface area contributed by atoms with Gasteiger partial charge in [-0.2, -0.15) is 0 Å². The number of carboxylic acids is 1. The third kappa shape index (κ3) is 4.22. The number of rotatable bonds is 5. The quantitative estimate of drug-likeness (QED) is 0.766. The fraction of sp³-hybridized carbons (Fsp3) is 0.769. The standard InChI is InChI=1S/C13H22N2O4/c1-10(16)15(2)8-11(17)14-9-13(12(18)19)6-4-3-5-7-13/h3-9H2,1-2H3,(H,14,17)(H,18,19). The van der Waals surface area contributed by atoms with Crippen LogP contribution < -0.4 is 5.32 Å². The van der Waals surface area contributed by atoms with E-state index < -0.39 is 11.4 Å². The van der Waals surface area contributed by atoms with Crippen LogP contribution in [0.25, 0.3) is 0 Å². The minimum absolute atomic E-state index is 0.0367. The molecule has 0 atom stereocenters. The molecule has 2 amide bonds. The fourth-order valence-electron chi connectivity index (χ4n) is 2.35. The van der Waals surface area contributed by atoms with E-state index in [1.165, 1.54) is 18.9 Å². The summed E-state index contributed by atoms with van der Waals surface area (Å²) in [6.07, 6.45) is 4.03. The maximum absolute atomic E-state index is 11.7. The highest BCUT2D eigenvalue weighted by atomic mass is 16.4. The SMILES string of the molecule is CC(=O)N(C)CC(=O)NCC1(C(=O)O)CCCCC1. The molecule has 0 heterocycles. The Kier molecular flexibility index (Phi) is 5.32. The Morgan fingerprint density at radius 1 is 1.21 bits per heavy atom. The molecule has 0 aromatic carbocycles. The third-order valence-corrected chi connectivity index (χ3v) is 3.81. The van der Waals surface area contributed by atoms with E-state index in [0.717, 1.165) is 19.3 Å². The molecule has 0 aromatic rings. The number of hydrogen-bond donors (Lipinski definition) is 2. The van der Waals surface area contributed by atoms with Gasteiger partial charge in [0.2, 0.25) is 11.8 Å². The summed E-state index contributed by atoms with van der Waals surface area (Å²) < 4.78 is 0. The maximum atomic E-state index is 11.7. The van der Waals surface area contributed by atoms with Crippen LogP contribution in [0, 0.1) is 5.41 Å². The van der Waals surface area contributed by atoms with Crippen LogP contribution in [-0.2, 0) is 14.4 Å². The number of likely N-dealkylation sites (N-methyl/N-ethyl adjacent to an activating group) is 1. The Hall–Kier alpha value is -1.59. The van der Waals surface area contributed by atoms with Gasteiger partial charge >= 0.3 is 5.97 Å². The predicted molar refractivity (Wildman–Crippen MR) is 69.5 cm³/mol. The van der Waals surface area contributed by atoms with Gasteiger partial charge in [0.05, 0.1) is 12.0 Å². The highest BCUT2D eigenvalue weighted by Crippen LogP contribution is 2.35. The van der Waals surface area contributed by atoms with Crippen molar-refractivity contribution >= 4 is 17.8 Å². The Morgan fingerprint density at radius 2 is 1.79 bits per heavy atom. The highest BCUT2D eigenvalue weighted by Gasteiger charge is 2.39. The van der Waals surface area contributed by atoms with E-state index in [4.69, 9.17) is 0 Å². The summed E-state index contributed by atoms with van der Waals surface area (Å²) in [6.45, 7) is 1.49. The summed E-state index contributed by atoms with van der Waals surface area (Å²) in [7, 11) is 1.54. The molecule has 1 aliphatic carbocycles. The number of amides is 2. The van der Waals surface area contributed by atoms with Crippen molar-refractivity contribution in [2.75, 3.05) is 20.1 Å². The summed E-state index contributed by atoms with van der Waals surface area (Å²) in [5, 5.41) is 12.0. The van der Waals surface area contributed by atoms with Crippen LogP contribution in [0.3, 0.4) is 0 Å². The summed E-state index contributed by atoms with van der Waals surface area (Å²) in [5.74, 6) is -1.35. The molecule has 1 aliphatic rings. The van der Waals surface area contributed by atoms with Gasteiger partial charge in [-0.1, -0.05) is 19.3 Å². The summed E-state index contributed by atoms with van der Waals surface area (Å²) in [5.41, 5.74) is -0.831. The normalized spacial score (nSPS) is 17.6. The van der Waals surface area contributed by atoms with Gasteiger partial charge < -0.3 is 15.3 Å². The molecular weight excluding hydrogens is 248 g/mol. The molecule has 0 unspecified atom stereocenters. The number of nitrogens with one attached hydrogen (secondary N) is 1. The average molecular weight is 270 g/mol. The minimum atomic E-state index is -0.840. The molecule has 6 heteroatoms. The molecule has 6 nitrogen and oxygen atoms in total. The van der Waals surface area contributed by atoms with Gasteiger partial charge in [0.25, 0.3) is 0 Å². The first kappa shape index (κ1) is 15.5. The van der Waals surface area contributed by atoms with Crippen molar-refractivity contribution in [1.82, 2.24) is 10.2 Å². The van der Waals surface area contributed by atoms with Crippen LogP contribution in [0.4, 0.5) is 0 Å². The van der Waals surface area contributed by atoms with Gasteiger partial charge in [-0.15, -0.1) is 0 Å². The zero-order valence-corrected chi connectivity index (χ0v) is 11.6. The zero-order chi connectivity index (χ0) is 14.5. The van der Waals surface area contributed by atoms with Crippen LogP contribution >= 0.6 is 0 Å². The van der Waals surface area contributed by atoms with E-state index >= 15 is 0 Å². The average Bonchev–Trinajstić information content (AvgIpc) is 2.37. The minimum Gasteiger partial charge on any atom is -0.481 e. The van der Waals surface area contributed by atoms with E-state index in [2.05, 4.69) is 5.32 Å². The van der Waals surface area contributed by atoms with Gasteiger partial charge in [0, 0.05) is 20.5 Å². The Balaban J connectivity index is 2.50. The first-order valence-electron chi connectivity index (χ1n) is 6.59. The lowest BCUT2D eigenvalue weighted by Gasteiger charge is -2.33. The van der Waals surface area contributed by atoms with Crippen molar-refractivity contribution in [3.8, 4) is 0 Å². The second-order valence-electron chi connectivity index (χ2n) is 5.30. The molecular formula is C13H22N2O4. The topological polar surface area (TPSA) is 86.7 Å². The van der Waals surface area contributed by atoms with Crippen molar-refractivity contribution in [3.63, 3.8) is 0 Å². The number of carboxylic acid groups (broad SMARTS) is 1. The van der Waals surface area contributed by atoms with E-state index in [0.29, 0.717) is 12.8 Å². The van der Waals surface area contributed by atoms with Crippen LogP contribution in [0.1, 0.15) is 39.0 Å². The van der Waals surface area contributed by atoms with Crippen LogP contribution in [0.2, 0.25) is 0 Å². The van der Waals surface area contributed by atoms with Crippen molar-refractivity contribution in [2.24, 2.45) is 5.41 Å². The molecule has 0 aliphatic heterocycles. The second-order valence-corrected chi connectivity index (χ2v) is 5.30. The summed E-state index contributed by atoms with van der Waals surface area (Å²) in [6, 6.07) is 0. The highest BCUT2D eigenvalue weighted by molar-refractivity contribution is 5.84. The Bertz CT molecular complexity index is 362. The van der Waals surface area contributed by atoms with E-state index in [1.807, 2.05) is 0 Å². The third-order valence-electron chi connectivity index (χ3n) is 3.81. The molecule has 0 aromatic heterocycles. The molecule has 108 valence electrons. The number of carbonyl (C=O) groups excluding carboxylic acids is 2. The lowest BCUT2D eigenvalue weighted by Crippen LogP contribution is -2.46. The zero-order valence-electron chi connectivity index (χ0n) is 11.6. The number of aliphatic carboxylic acids is 1. The first-order chi connectivity index (χ1) is 8.87. The monoisotopic (exact) mass is 270 g/mol. The molecule has 1 rings (SSSR count). The van der Waals surface area contributed by atoms with Crippen LogP contribution in [0.15, 0.2) is 0 Å². The summed E-state index contributed by atoms with van der Waals surface area (Å²) in [4.78, 5) is 35.4. The number of nitrogens with zero attached hydrogens (tertiary/aromatic N) is 1. The Labute approximate surface area is 113 Å². The number of carbonyl (C=O) groups is 3. The lowest BCUT2D eigenvalue weighted by atomic mass is 9.74. The molecule has 0 bridgehead atoms. The van der Waals surface area contributed by atoms with Gasteiger partial charge in [-0.05, 0) is 12.8 Å². The van der Waals surface area contributed by atoms with Crippen molar-refractivity contribution in [2.45, 2.75) is 39.0 Å². The molecule has 1 fully saturated rings. The van der Waals surface area contributed by atoms with E-state index in [9.17, 15) is 19.5 Å². The second kappa shape index (κ2) is 6.54. The molecule has 19 heavy (non-hydrogen) atoms. The van der Waals surface area contributed by atoms with Crippen molar-refractivity contribution in [3.05, 3.63) is 0 Å². The van der Waals surface area contributed by atoms with Gasteiger partial charge in [0.15, 0.2) is 0 Å². The van der Waals surface area contributed by atoms with Gasteiger partial charge in [-0.25, -0.2) is 0 Å². The Morgan fingerprint density at radius 3 is 2.26 bits per heavy atom. The molecule has 2 N–H and O–H groups in total. The molecule has 0 radical (unpaired) electrons. The predicted octanol–water partition coefficient (Wildman–Crippen LogP) is 0.616. The van der Waals surface area contributed by atoms with Gasteiger partial charge in [-0.3, -0.25) is 14.4 Å². The molecule has 0 spiro atoms.